The van der Waals surface area contributed by atoms with Gasteiger partial charge in [0.25, 0.3) is 0 Å². The average molecular weight is 318 g/mol. The van der Waals surface area contributed by atoms with E-state index >= 15 is 0 Å². The van der Waals surface area contributed by atoms with Crippen molar-refractivity contribution in [3.05, 3.63) is 29.8 Å². The van der Waals surface area contributed by atoms with Gasteiger partial charge in [0.1, 0.15) is 11.9 Å². The van der Waals surface area contributed by atoms with Gasteiger partial charge in [-0.05, 0) is 36.3 Å². The molecule has 2 amide bonds. The molecule has 2 N–H and O–H groups in total. The van der Waals surface area contributed by atoms with Gasteiger partial charge in [-0.1, -0.05) is 25.1 Å². The van der Waals surface area contributed by atoms with Crippen LogP contribution in [-0.4, -0.2) is 48.4 Å². The molecule has 0 aromatic heterocycles. The van der Waals surface area contributed by atoms with Crippen LogP contribution in [0.2, 0.25) is 0 Å². The molecular formula is C18H26N2O3. The minimum absolute atomic E-state index is 0.00693. The Balaban J connectivity index is 1.45. The van der Waals surface area contributed by atoms with Crippen LogP contribution < -0.4 is 10.1 Å². The predicted octanol–water partition coefficient (Wildman–Crippen LogP) is 2.18. The number of likely N-dealkylation sites (tertiary alicyclic amines) is 1. The maximum absolute atomic E-state index is 12.3. The first-order valence-electron chi connectivity index (χ1n) is 8.54. The summed E-state index contributed by atoms with van der Waals surface area (Å²) in [5, 5.41) is 12.6. The zero-order valence-corrected chi connectivity index (χ0v) is 13.8. The Morgan fingerprint density at radius 1 is 1.39 bits per heavy atom. The molecule has 1 aromatic carbocycles. The summed E-state index contributed by atoms with van der Waals surface area (Å²) in [6.45, 7) is 4.29. The van der Waals surface area contributed by atoms with E-state index in [0.717, 1.165) is 31.4 Å². The van der Waals surface area contributed by atoms with E-state index in [-0.39, 0.29) is 24.2 Å². The summed E-state index contributed by atoms with van der Waals surface area (Å²) in [6.07, 6.45) is 3.58. The third kappa shape index (κ3) is 3.44. The lowest BCUT2D eigenvalue weighted by molar-refractivity contribution is 0.0515. The zero-order valence-electron chi connectivity index (χ0n) is 13.8. The summed E-state index contributed by atoms with van der Waals surface area (Å²) in [7, 11) is 0. The SMILES string of the molecule is CCC1(CO)CCN(C(=O)NCC2Cc3ccccc3O2)CC1. The van der Waals surface area contributed by atoms with Crippen LogP contribution in [0, 0.1) is 5.41 Å². The number of para-hydroxylation sites is 1. The van der Waals surface area contributed by atoms with Crippen LogP contribution in [-0.2, 0) is 6.42 Å². The van der Waals surface area contributed by atoms with E-state index < -0.39 is 0 Å². The lowest BCUT2D eigenvalue weighted by Crippen LogP contribution is -2.49. The van der Waals surface area contributed by atoms with Crippen molar-refractivity contribution in [2.75, 3.05) is 26.2 Å². The zero-order chi connectivity index (χ0) is 16.3. The van der Waals surface area contributed by atoms with Gasteiger partial charge in [-0.25, -0.2) is 4.79 Å². The van der Waals surface area contributed by atoms with Gasteiger partial charge in [0.05, 0.1) is 6.54 Å². The molecule has 2 heterocycles. The molecule has 5 nitrogen and oxygen atoms in total. The van der Waals surface area contributed by atoms with Gasteiger partial charge in [-0.15, -0.1) is 0 Å². The van der Waals surface area contributed by atoms with Gasteiger partial charge in [0.15, 0.2) is 0 Å². The summed E-state index contributed by atoms with van der Waals surface area (Å²) in [6, 6.07) is 8.00. The van der Waals surface area contributed by atoms with Crippen molar-refractivity contribution in [3.63, 3.8) is 0 Å². The molecule has 2 aliphatic rings. The third-order valence-electron chi connectivity index (χ3n) is 5.39. The minimum atomic E-state index is -0.0211. The molecule has 0 spiro atoms. The van der Waals surface area contributed by atoms with E-state index in [0.29, 0.717) is 19.6 Å². The van der Waals surface area contributed by atoms with E-state index in [1.807, 2.05) is 23.1 Å². The quantitative estimate of drug-likeness (QED) is 0.894. The van der Waals surface area contributed by atoms with E-state index in [1.165, 1.54) is 5.56 Å². The van der Waals surface area contributed by atoms with Crippen molar-refractivity contribution >= 4 is 6.03 Å². The number of aliphatic hydroxyl groups is 1. The first-order chi connectivity index (χ1) is 11.2. The molecule has 1 saturated heterocycles. The standard InChI is InChI=1S/C18H26N2O3/c1-2-18(13-21)7-9-20(10-8-18)17(22)19-12-15-11-14-5-3-4-6-16(14)23-15/h3-6,15,21H,2,7-13H2,1H3,(H,19,22). The summed E-state index contributed by atoms with van der Waals surface area (Å²) < 4.78 is 5.85. The molecule has 1 atom stereocenters. The molecule has 2 aliphatic heterocycles. The molecule has 1 aromatic rings. The molecule has 1 fully saturated rings. The first-order valence-corrected chi connectivity index (χ1v) is 8.54. The van der Waals surface area contributed by atoms with Gasteiger partial charge in [-0.3, -0.25) is 0 Å². The second kappa shape index (κ2) is 6.79. The normalized spacial score (nSPS) is 22.3. The number of carbonyl (C=O) groups is 1. The summed E-state index contributed by atoms with van der Waals surface area (Å²) in [4.78, 5) is 14.2. The average Bonchev–Trinajstić information content (AvgIpc) is 3.02. The highest BCUT2D eigenvalue weighted by Crippen LogP contribution is 2.34. The number of hydrogen-bond donors (Lipinski definition) is 2. The minimum Gasteiger partial charge on any atom is -0.488 e. The number of fused-ring (bicyclic) bond motifs is 1. The number of hydrogen-bond acceptors (Lipinski definition) is 3. The molecule has 1 unspecified atom stereocenters. The number of nitrogens with zero attached hydrogens (tertiary/aromatic N) is 1. The number of carbonyl (C=O) groups excluding carboxylic acids is 1. The predicted molar refractivity (Wildman–Crippen MR) is 88.6 cm³/mol. The molecule has 0 bridgehead atoms. The van der Waals surface area contributed by atoms with Crippen molar-refractivity contribution in [2.45, 2.75) is 38.7 Å². The number of nitrogens with one attached hydrogen (secondary N) is 1. The number of rotatable bonds is 4. The van der Waals surface area contributed by atoms with Gasteiger partial charge < -0.3 is 20.1 Å². The van der Waals surface area contributed by atoms with E-state index in [9.17, 15) is 9.90 Å². The molecular weight excluding hydrogens is 292 g/mol. The smallest absolute Gasteiger partial charge is 0.317 e. The van der Waals surface area contributed by atoms with Gasteiger partial charge in [-0.2, -0.15) is 0 Å². The molecule has 0 radical (unpaired) electrons. The second-order valence-electron chi connectivity index (χ2n) is 6.74. The molecule has 23 heavy (non-hydrogen) atoms. The number of urea groups is 1. The highest BCUT2D eigenvalue weighted by Gasteiger charge is 2.34. The van der Waals surface area contributed by atoms with Crippen LogP contribution in [0.15, 0.2) is 24.3 Å². The van der Waals surface area contributed by atoms with Crippen LogP contribution in [0.5, 0.6) is 5.75 Å². The Hall–Kier alpha value is -1.75. The van der Waals surface area contributed by atoms with Gasteiger partial charge >= 0.3 is 6.03 Å². The lowest BCUT2D eigenvalue weighted by atomic mass is 9.77. The van der Waals surface area contributed by atoms with Crippen molar-refractivity contribution in [1.29, 1.82) is 0 Å². The monoisotopic (exact) mass is 318 g/mol. The van der Waals surface area contributed by atoms with Gasteiger partial charge in [0.2, 0.25) is 0 Å². The lowest BCUT2D eigenvalue weighted by Gasteiger charge is -2.40. The van der Waals surface area contributed by atoms with Crippen LogP contribution in [0.4, 0.5) is 4.79 Å². The Morgan fingerprint density at radius 3 is 2.78 bits per heavy atom. The molecule has 0 aliphatic carbocycles. The third-order valence-corrected chi connectivity index (χ3v) is 5.39. The van der Waals surface area contributed by atoms with Gasteiger partial charge in [0, 0.05) is 26.1 Å². The molecule has 0 saturated carbocycles. The van der Waals surface area contributed by atoms with Crippen LogP contribution in [0.3, 0.4) is 0 Å². The maximum atomic E-state index is 12.3. The van der Waals surface area contributed by atoms with Crippen molar-refractivity contribution in [2.24, 2.45) is 5.41 Å². The first kappa shape index (κ1) is 16.1. The molecule has 126 valence electrons. The Morgan fingerprint density at radius 2 is 2.13 bits per heavy atom. The largest absolute Gasteiger partial charge is 0.488 e. The van der Waals surface area contributed by atoms with Crippen molar-refractivity contribution < 1.29 is 14.6 Å². The topological polar surface area (TPSA) is 61.8 Å². The fourth-order valence-electron chi connectivity index (χ4n) is 3.49. The van der Waals surface area contributed by atoms with E-state index in [2.05, 4.69) is 18.3 Å². The van der Waals surface area contributed by atoms with Crippen molar-refractivity contribution in [1.82, 2.24) is 10.2 Å². The number of piperidine rings is 1. The van der Waals surface area contributed by atoms with E-state index in [4.69, 9.17) is 4.74 Å². The maximum Gasteiger partial charge on any atom is 0.317 e. The second-order valence-corrected chi connectivity index (χ2v) is 6.74. The van der Waals surface area contributed by atoms with Crippen LogP contribution in [0.1, 0.15) is 31.7 Å². The summed E-state index contributed by atoms with van der Waals surface area (Å²) in [5.41, 5.74) is 1.22. The van der Waals surface area contributed by atoms with Crippen molar-refractivity contribution in [3.8, 4) is 5.75 Å². The van der Waals surface area contributed by atoms with E-state index in [1.54, 1.807) is 0 Å². The highest BCUT2D eigenvalue weighted by atomic mass is 16.5. The number of ether oxygens (including phenoxy) is 1. The summed E-state index contributed by atoms with van der Waals surface area (Å²) >= 11 is 0. The van der Waals surface area contributed by atoms with Crippen LogP contribution in [0.25, 0.3) is 0 Å². The molecule has 5 heteroatoms. The fraction of sp³-hybridized carbons (Fsp3) is 0.611. The Labute approximate surface area is 137 Å². The number of aliphatic hydroxyl groups excluding tert-OH is 1. The van der Waals surface area contributed by atoms with Crippen LogP contribution >= 0.6 is 0 Å². The Kier molecular flexibility index (Phi) is 4.76. The molecule has 3 rings (SSSR count). The highest BCUT2D eigenvalue weighted by molar-refractivity contribution is 5.74. The Bertz CT molecular complexity index is 522. The number of benzene rings is 1. The number of amides is 2. The fourth-order valence-corrected chi connectivity index (χ4v) is 3.49. The summed E-state index contributed by atoms with van der Waals surface area (Å²) in [5.74, 6) is 0.931.